The van der Waals surface area contributed by atoms with Gasteiger partial charge in [-0.3, -0.25) is 4.79 Å². The van der Waals surface area contributed by atoms with Crippen molar-refractivity contribution >= 4 is 17.7 Å². The number of hydrogen-bond donors (Lipinski definition) is 2. The molecular weight excluding hydrogens is 266 g/mol. The molecule has 110 valence electrons. The van der Waals surface area contributed by atoms with Crippen LogP contribution in [0.2, 0.25) is 0 Å². The van der Waals surface area contributed by atoms with E-state index in [1.54, 1.807) is 12.1 Å². The average Bonchev–Trinajstić information content (AvgIpc) is 2.76. The summed E-state index contributed by atoms with van der Waals surface area (Å²) in [5.74, 6) is 0.546. The highest BCUT2D eigenvalue weighted by Crippen LogP contribution is 2.20. The van der Waals surface area contributed by atoms with Crippen molar-refractivity contribution < 1.29 is 9.32 Å². The van der Waals surface area contributed by atoms with Crippen molar-refractivity contribution in [2.75, 3.05) is 5.73 Å². The van der Waals surface area contributed by atoms with Gasteiger partial charge in [-0.15, -0.1) is 0 Å². The van der Waals surface area contributed by atoms with Gasteiger partial charge in [0.2, 0.25) is 5.91 Å². The minimum Gasteiger partial charge on any atom is -0.399 e. The maximum absolute atomic E-state index is 11.9. The number of anilines is 1. The van der Waals surface area contributed by atoms with E-state index in [1.165, 1.54) is 6.08 Å². The van der Waals surface area contributed by atoms with Gasteiger partial charge in [0.1, 0.15) is 5.76 Å². The molecule has 0 bridgehead atoms. The first-order chi connectivity index (χ1) is 9.97. The van der Waals surface area contributed by atoms with Crippen LogP contribution < -0.4 is 11.1 Å². The molecule has 5 nitrogen and oxygen atoms in total. The Bertz CT molecular complexity index is 654. The molecule has 1 aromatic carbocycles. The molecule has 0 saturated carbocycles. The number of amides is 1. The molecule has 1 amide bonds. The number of nitrogen functional groups attached to an aromatic ring is 1. The summed E-state index contributed by atoms with van der Waals surface area (Å²) in [5, 5.41) is 6.78. The Morgan fingerprint density at radius 3 is 2.81 bits per heavy atom. The molecule has 0 fully saturated rings. The SMILES string of the molecule is Cc1noc(C)c1C(C)NC(=O)/C=C/c1cccc(N)c1. The normalized spacial score (nSPS) is 12.5. The number of rotatable bonds is 4. The van der Waals surface area contributed by atoms with E-state index >= 15 is 0 Å². The number of hydrogen-bond acceptors (Lipinski definition) is 4. The molecule has 1 atom stereocenters. The summed E-state index contributed by atoms with van der Waals surface area (Å²) in [6, 6.07) is 7.18. The Morgan fingerprint density at radius 1 is 1.43 bits per heavy atom. The zero-order chi connectivity index (χ0) is 15.4. The molecule has 0 aliphatic heterocycles. The van der Waals surface area contributed by atoms with Crippen LogP contribution in [0.25, 0.3) is 6.08 Å². The van der Waals surface area contributed by atoms with E-state index in [1.807, 2.05) is 39.0 Å². The van der Waals surface area contributed by atoms with Gasteiger partial charge < -0.3 is 15.6 Å². The van der Waals surface area contributed by atoms with Crippen LogP contribution in [0.4, 0.5) is 5.69 Å². The minimum atomic E-state index is -0.176. The summed E-state index contributed by atoms with van der Waals surface area (Å²) in [6.45, 7) is 5.59. The molecule has 2 aromatic rings. The van der Waals surface area contributed by atoms with Crippen LogP contribution in [0.5, 0.6) is 0 Å². The Balaban J connectivity index is 2.02. The van der Waals surface area contributed by atoms with Crippen molar-refractivity contribution in [3.63, 3.8) is 0 Å². The lowest BCUT2D eigenvalue weighted by Crippen LogP contribution is -2.25. The third kappa shape index (κ3) is 3.72. The van der Waals surface area contributed by atoms with Crippen molar-refractivity contribution in [1.82, 2.24) is 10.5 Å². The fourth-order valence-electron chi connectivity index (χ4n) is 2.28. The van der Waals surface area contributed by atoms with Crippen LogP contribution in [0.1, 0.15) is 35.5 Å². The minimum absolute atomic E-state index is 0.158. The standard InChI is InChI=1S/C16H19N3O2/c1-10(16-11(2)19-21-12(16)3)18-15(20)8-7-13-5-4-6-14(17)9-13/h4-10H,17H2,1-3H3,(H,18,20)/b8-7+. The van der Waals surface area contributed by atoms with Crippen molar-refractivity contribution in [3.8, 4) is 0 Å². The quantitative estimate of drug-likeness (QED) is 0.668. The maximum Gasteiger partial charge on any atom is 0.244 e. The van der Waals surface area contributed by atoms with Gasteiger partial charge in [0.25, 0.3) is 0 Å². The summed E-state index contributed by atoms with van der Waals surface area (Å²) in [4.78, 5) is 11.9. The highest BCUT2D eigenvalue weighted by atomic mass is 16.5. The summed E-state index contributed by atoms with van der Waals surface area (Å²) < 4.78 is 5.11. The number of nitrogens with two attached hydrogens (primary N) is 1. The van der Waals surface area contributed by atoms with Crippen molar-refractivity contribution in [2.45, 2.75) is 26.8 Å². The van der Waals surface area contributed by atoms with Gasteiger partial charge in [-0.2, -0.15) is 0 Å². The van der Waals surface area contributed by atoms with E-state index in [2.05, 4.69) is 10.5 Å². The summed E-state index contributed by atoms with van der Waals surface area (Å²) >= 11 is 0. The van der Waals surface area contributed by atoms with Crippen LogP contribution in [0, 0.1) is 13.8 Å². The highest BCUT2D eigenvalue weighted by molar-refractivity contribution is 5.92. The van der Waals surface area contributed by atoms with Crippen molar-refractivity contribution in [1.29, 1.82) is 0 Å². The molecule has 0 aliphatic carbocycles. The zero-order valence-corrected chi connectivity index (χ0v) is 12.4. The Labute approximate surface area is 123 Å². The number of benzene rings is 1. The smallest absolute Gasteiger partial charge is 0.244 e. The van der Waals surface area contributed by atoms with Gasteiger partial charge in [-0.25, -0.2) is 0 Å². The molecule has 1 unspecified atom stereocenters. The van der Waals surface area contributed by atoms with Gasteiger partial charge in [0.15, 0.2) is 0 Å². The van der Waals surface area contributed by atoms with Gasteiger partial charge in [0.05, 0.1) is 11.7 Å². The predicted octanol–water partition coefficient (Wildman–Crippen LogP) is 2.76. The third-order valence-corrected chi connectivity index (χ3v) is 3.22. The molecule has 0 aliphatic rings. The molecular formula is C16H19N3O2. The molecule has 2 rings (SSSR count). The predicted molar refractivity (Wildman–Crippen MR) is 82.4 cm³/mol. The fraction of sp³-hybridized carbons (Fsp3) is 0.250. The molecule has 3 N–H and O–H groups in total. The van der Waals surface area contributed by atoms with Crippen LogP contribution in [0.3, 0.4) is 0 Å². The van der Waals surface area contributed by atoms with E-state index in [-0.39, 0.29) is 11.9 Å². The van der Waals surface area contributed by atoms with Crippen LogP contribution in [0.15, 0.2) is 34.9 Å². The van der Waals surface area contributed by atoms with Crippen LogP contribution in [-0.2, 0) is 4.79 Å². The first kappa shape index (κ1) is 14.8. The van der Waals surface area contributed by atoms with Gasteiger partial charge in [0, 0.05) is 17.3 Å². The van der Waals surface area contributed by atoms with Gasteiger partial charge >= 0.3 is 0 Å². The first-order valence-corrected chi connectivity index (χ1v) is 6.74. The number of carbonyl (C=O) groups excluding carboxylic acids is 1. The van der Waals surface area contributed by atoms with Crippen molar-refractivity contribution in [2.24, 2.45) is 0 Å². The van der Waals surface area contributed by atoms with Gasteiger partial charge in [-0.1, -0.05) is 17.3 Å². The van der Waals surface area contributed by atoms with E-state index in [4.69, 9.17) is 10.3 Å². The second kappa shape index (κ2) is 6.26. The molecule has 1 aromatic heterocycles. The molecule has 21 heavy (non-hydrogen) atoms. The zero-order valence-electron chi connectivity index (χ0n) is 12.4. The highest BCUT2D eigenvalue weighted by Gasteiger charge is 2.17. The Hall–Kier alpha value is -2.56. The second-order valence-electron chi connectivity index (χ2n) is 4.97. The Kier molecular flexibility index (Phi) is 4.42. The summed E-state index contributed by atoms with van der Waals surface area (Å²) in [5.41, 5.74) is 8.95. The second-order valence-corrected chi connectivity index (χ2v) is 4.97. The summed E-state index contributed by atoms with van der Waals surface area (Å²) in [6.07, 6.45) is 3.22. The Morgan fingerprint density at radius 2 is 2.19 bits per heavy atom. The summed E-state index contributed by atoms with van der Waals surface area (Å²) in [7, 11) is 0. The largest absolute Gasteiger partial charge is 0.399 e. The van der Waals surface area contributed by atoms with E-state index in [0.29, 0.717) is 5.69 Å². The monoisotopic (exact) mass is 285 g/mol. The topological polar surface area (TPSA) is 81.2 Å². The van der Waals surface area contributed by atoms with Gasteiger partial charge in [-0.05, 0) is 44.5 Å². The van der Waals surface area contributed by atoms with Crippen molar-refractivity contribution in [3.05, 3.63) is 52.9 Å². The van der Waals surface area contributed by atoms with E-state index in [9.17, 15) is 4.79 Å². The van der Waals surface area contributed by atoms with E-state index < -0.39 is 0 Å². The molecule has 0 spiro atoms. The number of aromatic nitrogens is 1. The molecule has 0 saturated heterocycles. The number of aryl methyl sites for hydroxylation is 2. The lowest BCUT2D eigenvalue weighted by molar-refractivity contribution is -0.117. The van der Waals surface area contributed by atoms with Crippen LogP contribution in [-0.4, -0.2) is 11.1 Å². The lowest BCUT2D eigenvalue weighted by atomic mass is 10.1. The molecule has 5 heteroatoms. The van der Waals surface area contributed by atoms with Crippen LogP contribution >= 0.6 is 0 Å². The molecule has 1 heterocycles. The molecule has 0 radical (unpaired) electrons. The average molecular weight is 285 g/mol. The van der Waals surface area contributed by atoms with E-state index in [0.717, 1.165) is 22.6 Å². The maximum atomic E-state index is 11.9. The first-order valence-electron chi connectivity index (χ1n) is 6.74. The number of carbonyl (C=O) groups is 1. The number of nitrogens with one attached hydrogen (secondary N) is 1. The third-order valence-electron chi connectivity index (χ3n) is 3.22. The number of nitrogens with zero attached hydrogens (tertiary/aromatic N) is 1. The lowest BCUT2D eigenvalue weighted by Gasteiger charge is -2.11. The fourth-order valence-corrected chi connectivity index (χ4v) is 2.28.